The lowest BCUT2D eigenvalue weighted by molar-refractivity contribution is -0.161. The molecule has 0 aromatic rings. The van der Waals surface area contributed by atoms with Gasteiger partial charge in [0.05, 0.1) is 19.8 Å². The molecule has 0 aromatic carbocycles. The fraction of sp³-hybridized carbons (Fsp3) is 0.817. The van der Waals surface area contributed by atoms with E-state index >= 15 is 0 Å². The Labute approximate surface area is 441 Å². The number of rotatable bonds is 55. The summed E-state index contributed by atoms with van der Waals surface area (Å²) in [4.78, 5) is 48.5. The van der Waals surface area contributed by atoms with Crippen LogP contribution in [0.2, 0.25) is 0 Å². The molecule has 72 heavy (non-hydrogen) atoms. The molecule has 0 heterocycles. The first-order valence-corrected chi connectivity index (χ1v) is 31.0. The molecule has 0 saturated heterocycles. The molecule has 11 nitrogen and oxygen atoms in total. The van der Waals surface area contributed by atoms with Crippen LogP contribution in [0.5, 0.6) is 0 Å². The lowest BCUT2D eigenvalue weighted by Gasteiger charge is -2.21. The van der Waals surface area contributed by atoms with E-state index in [1.165, 1.54) is 122 Å². The summed E-state index contributed by atoms with van der Waals surface area (Å²) >= 11 is 0. The van der Waals surface area contributed by atoms with Crippen LogP contribution in [0.1, 0.15) is 278 Å². The molecule has 0 bridgehead atoms. The molecular weight excluding hydrogens is 928 g/mol. The van der Waals surface area contributed by atoms with Gasteiger partial charge < -0.3 is 24.2 Å². The summed E-state index contributed by atoms with van der Waals surface area (Å²) in [7, 11) is -4.75. The summed E-state index contributed by atoms with van der Waals surface area (Å²) < 4.78 is 39.5. The molecule has 2 N–H and O–H groups in total. The fourth-order valence-electron chi connectivity index (χ4n) is 8.25. The van der Waals surface area contributed by atoms with Crippen LogP contribution in [0.25, 0.3) is 0 Å². The van der Waals surface area contributed by atoms with Crippen molar-refractivity contribution in [2.75, 3.05) is 26.4 Å². The largest absolute Gasteiger partial charge is 0.472 e. The van der Waals surface area contributed by atoms with Gasteiger partial charge in [-0.15, -0.1) is 0 Å². The van der Waals surface area contributed by atoms with Gasteiger partial charge in [0.2, 0.25) is 0 Å². The minimum Gasteiger partial charge on any atom is -0.462 e. The number of hydrogen-bond acceptors (Lipinski definition) is 10. The molecule has 3 atom stereocenters. The Morgan fingerprint density at radius 3 is 1.15 bits per heavy atom. The predicted molar refractivity (Wildman–Crippen MR) is 298 cm³/mol. The first-order valence-electron chi connectivity index (χ1n) is 29.5. The fourth-order valence-corrected chi connectivity index (χ4v) is 9.03. The average Bonchev–Trinajstić information content (AvgIpc) is 3.37. The van der Waals surface area contributed by atoms with Crippen LogP contribution in [0.15, 0.2) is 48.6 Å². The van der Waals surface area contributed by atoms with Crippen LogP contribution in [0, 0.1) is 0 Å². The molecule has 0 aliphatic carbocycles. The number of hydrogen-bond donors (Lipinski definition) is 2. The van der Waals surface area contributed by atoms with Gasteiger partial charge in [0, 0.05) is 19.3 Å². The van der Waals surface area contributed by atoms with E-state index in [1.54, 1.807) is 0 Å². The third-order valence-electron chi connectivity index (χ3n) is 12.7. The van der Waals surface area contributed by atoms with Gasteiger partial charge in [-0.05, 0) is 77.0 Å². The third-order valence-corrected chi connectivity index (χ3v) is 13.7. The van der Waals surface area contributed by atoms with E-state index in [0.29, 0.717) is 19.3 Å². The third kappa shape index (κ3) is 52.3. The number of allylic oxidation sites excluding steroid dienone is 8. The number of phosphoric acid groups is 1. The number of phosphoric ester groups is 1. The van der Waals surface area contributed by atoms with Gasteiger partial charge >= 0.3 is 25.7 Å². The van der Waals surface area contributed by atoms with Crippen molar-refractivity contribution in [3.8, 4) is 0 Å². The minimum absolute atomic E-state index is 0.134. The van der Waals surface area contributed by atoms with E-state index in [9.17, 15) is 28.9 Å². The Hall–Kier alpha value is -2.56. The molecule has 420 valence electrons. The standard InChI is InChI=1S/C60H109O11P/c1-4-7-10-13-16-19-22-25-26-27-28-29-30-33-34-37-40-43-46-49-58(62)67-53-57(71-60(64)51-48-45-42-39-36-32-24-21-18-15-12-9-6-3)55-69-72(65,66)68-54-56(52-61)70-59(63)50-47-44-41-38-35-31-23-20-17-14-11-8-5-2/h9,12,18,20-21,23,32,36,56-57,61H,4-8,10-11,13-17,19,22,24-31,33-35,37-55H2,1-3H3,(H,65,66)/b12-9-,21-18-,23-20-,36-32-. The van der Waals surface area contributed by atoms with Gasteiger partial charge in [0.1, 0.15) is 12.7 Å². The number of ether oxygens (including phenoxy) is 3. The zero-order valence-corrected chi connectivity index (χ0v) is 47.3. The van der Waals surface area contributed by atoms with Crippen molar-refractivity contribution in [3.05, 3.63) is 48.6 Å². The van der Waals surface area contributed by atoms with Crippen molar-refractivity contribution in [1.29, 1.82) is 0 Å². The maximum atomic E-state index is 12.9. The summed E-state index contributed by atoms with van der Waals surface area (Å²) in [6.07, 6.45) is 57.9. The van der Waals surface area contributed by atoms with Crippen molar-refractivity contribution < 1.29 is 52.2 Å². The molecule has 3 unspecified atom stereocenters. The zero-order valence-electron chi connectivity index (χ0n) is 46.4. The van der Waals surface area contributed by atoms with Crippen LogP contribution >= 0.6 is 7.82 Å². The van der Waals surface area contributed by atoms with E-state index in [4.69, 9.17) is 23.3 Å². The van der Waals surface area contributed by atoms with E-state index in [2.05, 4.69) is 69.4 Å². The first-order chi connectivity index (χ1) is 35.2. The Bertz CT molecular complexity index is 1400. The molecule has 12 heteroatoms. The quantitative estimate of drug-likeness (QED) is 0.0197. The minimum atomic E-state index is -4.75. The second kappa shape index (κ2) is 54.7. The number of esters is 3. The molecule has 0 rings (SSSR count). The van der Waals surface area contributed by atoms with Gasteiger partial charge in [0.25, 0.3) is 0 Å². The van der Waals surface area contributed by atoms with E-state index in [-0.39, 0.29) is 25.9 Å². The summed E-state index contributed by atoms with van der Waals surface area (Å²) in [5.74, 6) is -1.49. The van der Waals surface area contributed by atoms with Crippen molar-refractivity contribution in [2.45, 2.75) is 290 Å². The maximum Gasteiger partial charge on any atom is 0.472 e. The molecule has 0 spiro atoms. The van der Waals surface area contributed by atoms with Gasteiger partial charge in [-0.3, -0.25) is 23.4 Å². The highest BCUT2D eigenvalue weighted by Gasteiger charge is 2.28. The molecule has 0 fully saturated rings. The number of aliphatic hydroxyl groups excluding tert-OH is 1. The Morgan fingerprint density at radius 2 is 0.722 bits per heavy atom. The maximum absolute atomic E-state index is 12.9. The highest BCUT2D eigenvalue weighted by Crippen LogP contribution is 2.43. The lowest BCUT2D eigenvalue weighted by atomic mass is 10.0. The molecule has 0 aliphatic heterocycles. The van der Waals surface area contributed by atoms with Crippen LogP contribution in [0.3, 0.4) is 0 Å². The van der Waals surface area contributed by atoms with E-state index < -0.39 is 57.8 Å². The predicted octanol–water partition coefficient (Wildman–Crippen LogP) is 17.4. The van der Waals surface area contributed by atoms with E-state index in [0.717, 1.165) is 96.3 Å². The molecule has 0 radical (unpaired) electrons. The molecule has 0 amide bonds. The van der Waals surface area contributed by atoms with E-state index in [1.807, 2.05) is 0 Å². The zero-order chi connectivity index (χ0) is 52.7. The van der Waals surface area contributed by atoms with Crippen LogP contribution < -0.4 is 0 Å². The smallest absolute Gasteiger partial charge is 0.462 e. The first kappa shape index (κ1) is 69.4. The van der Waals surface area contributed by atoms with Gasteiger partial charge in [0.15, 0.2) is 6.10 Å². The molecule has 0 aliphatic rings. The summed E-state index contributed by atoms with van der Waals surface area (Å²) in [6.45, 7) is 4.51. The summed E-state index contributed by atoms with van der Waals surface area (Å²) in [5.41, 5.74) is 0. The summed E-state index contributed by atoms with van der Waals surface area (Å²) in [6, 6.07) is 0. The Balaban J connectivity index is 4.68. The average molecular weight is 1040 g/mol. The van der Waals surface area contributed by atoms with Crippen LogP contribution in [0.4, 0.5) is 0 Å². The monoisotopic (exact) mass is 1040 g/mol. The van der Waals surface area contributed by atoms with Gasteiger partial charge in [-0.25, -0.2) is 4.57 Å². The van der Waals surface area contributed by atoms with Crippen molar-refractivity contribution in [2.24, 2.45) is 0 Å². The molecular formula is C60H109O11P. The van der Waals surface area contributed by atoms with Gasteiger partial charge in [-0.2, -0.15) is 0 Å². The number of carbonyl (C=O) groups excluding carboxylic acids is 3. The highest BCUT2D eigenvalue weighted by molar-refractivity contribution is 7.47. The van der Waals surface area contributed by atoms with Crippen molar-refractivity contribution in [1.82, 2.24) is 0 Å². The van der Waals surface area contributed by atoms with Crippen LogP contribution in [-0.2, 0) is 42.2 Å². The number of aliphatic hydroxyl groups is 1. The van der Waals surface area contributed by atoms with Crippen molar-refractivity contribution in [3.63, 3.8) is 0 Å². The van der Waals surface area contributed by atoms with Crippen LogP contribution in [-0.4, -0.2) is 66.5 Å². The Kier molecular flexibility index (Phi) is 52.7. The highest BCUT2D eigenvalue weighted by atomic mass is 31.2. The molecule has 0 aromatic heterocycles. The normalized spacial score (nSPS) is 13.7. The molecule has 0 saturated carbocycles. The SMILES string of the molecule is CC/C=C\C/C=C\C/C=C\CCCCCC(=O)OC(COC(=O)CCCCCCCCCCCCCCCCCCCCC)COP(=O)(O)OCC(CO)OC(=O)CCCCCCC/C=C\CCCCCC. The topological polar surface area (TPSA) is 155 Å². The number of carbonyl (C=O) groups is 3. The lowest BCUT2D eigenvalue weighted by Crippen LogP contribution is -2.30. The summed E-state index contributed by atoms with van der Waals surface area (Å²) in [5, 5.41) is 9.80. The second-order valence-corrected chi connectivity index (χ2v) is 21.2. The van der Waals surface area contributed by atoms with Crippen molar-refractivity contribution >= 4 is 25.7 Å². The second-order valence-electron chi connectivity index (χ2n) is 19.8. The Morgan fingerprint density at radius 1 is 0.403 bits per heavy atom. The van der Waals surface area contributed by atoms with Gasteiger partial charge in [-0.1, -0.05) is 230 Å². The number of unbranched alkanes of at least 4 members (excludes halogenated alkanes) is 30.